The molecule has 0 aromatic carbocycles. The normalized spacial score (nSPS) is 11.6. The number of rotatable bonds is 6. The Hall–Kier alpha value is -1.28. The van der Waals surface area contributed by atoms with Gasteiger partial charge in [-0.3, -0.25) is 4.98 Å². The molecule has 0 aliphatic rings. The molecule has 0 radical (unpaired) electrons. The maximum atomic E-state index is 11.9. The van der Waals surface area contributed by atoms with Crippen LogP contribution in [0, 0.1) is 0 Å². The van der Waals surface area contributed by atoms with Crippen LogP contribution in [0.25, 0.3) is 0 Å². The molecule has 0 atom stereocenters. The highest BCUT2D eigenvalue weighted by Crippen LogP contribution is 2.18. The molecule has 0 saturated heterocycles. The molecular formula is C12H14N2O3S2. The molecule has 2 aromatic rings. The van der Waals surface area contributed by atoms with Crippen molar-refractivity contribution in [3.8, 4) is 0 Å². The standard InChI is InChI=1S/C12H14N2O3S2/c15-8-11-6-12(9-18-11)19(16,17)14-5-3-10-2-1-4-13-7-10/h1-2,4,6-7,9,14-15H,3,5,8H2. The molecule has 102 valence electrons. The van der Waals surface area contributed by atoms with Crippen molar-refractivity contribution in [1.82, 2.24) is 9.71 Å². The lowest BCUT2D eigenvalue weighted by atomic mass is 10.2. The number of aliphatic hydroxyl groups excluding tert-OH is 1. The van der Waals surface area contributed by atoms with E-state index in [1.165, 1.54) is 22.8 Å². The Labute approximate surface area is 116 Å². The topological polar surface area (TPSA) is 79.3 Å². The summed E-state index contributed by atoms with van der Waals surface area (Å²) in [5.41, 5.74) is 0.978. The first kappa shape index (κ1) is 14.1. The third-order valence-corrected chi connectivity index (χ3v) is 5.04. The van der Waals surface area contributed by atoms with Crippen LogP contribution in [0.2, 0.25) is 0 Å². The summed E-state index contributed by atoms with van der Waals surface area (Å²) in [4.78, 5) is 4.80. The van der Waals surface area contributed by atoms with E-state index in [1.807, 2.05) is 12.1 Å². The van der Waals surface area contributed by atoms with E-state index in [9.17, 15) is 8.42 Å². The second kappa shape index (κ2) is 6.25. The van der Waals surface area contributed by atoms with Crippen LogP contribution in [0.15, 0.2) is 40.9 Å². The molecule has 19 heavy (non-hydrogen) atoms. The van der Waals surface area contributed by atoms with Crippen LogP contribution in [0.3, 0.4) is 0 Å². The lowest BCUT2D eigenvalue weighted by Gasteiger charge is -2.04. The lowest BCUT2D eigenvalue weighted by molar-refractivity contribution is 0.285. The zero-order chi connectivity index (χ0) is 13.7. The van der Waals surface area contributed by atoms with E-state index in [2.05, 4.69) is 9.71 Å². The second-order valence-electron chi connectivity index (χ2n) is 3.92. The van der Waals surface area contributed by atoms with Crippen molar-refractivity contribution in [3.63, 3.8) is 0 Å². The van der Waals surface area contributed by atoms with Crippen molar-refractivity contribution in [2.45, 2.75) is 17.9 Å². The minimum atomic E-state index is -3.49. The summed E-state index contributed by atoms with van der Waals surface area (Å²) in [6, 6.07) is 5.20. The highest BCUT2D eigenvalue weighted by molar-refractivity contribution is 7.89. The van der Waals surface area contributed by atoms with E-state index < -0.39 is 10.0 Å². The van der Waals surface area contributed by atoms with Gasteiger partial charge in [-0.15, -0.1) is 11.3 Å². The van der Waals surface area contributed by atoms with Crippen LogP contribution < -0.4 is 4.72 Å². The molecule has 0 fully saturated rings. The van der Waals surface area contributed by atoms with Crippen LogP contribution in [0.5, 0.6) is 0 Å². The molecule has 0 aliphatic heterocycles. The van der Waals surface area contributed by atoms with Crippen molar-refractivity contribution in [3.05, 3.63) is 46.4 Å². The minimum Gasteiger partial charge on any atom is -0.391 e. The molecule has 2 N–H and O–H groups in total. The minimum absolute atomic E-state index is 0.143. The summed E-state index contributed by atoms with van der Waals surface area (Å²) in [7, 11) is -3.49. The van der Waals surface area contributed by atoms with Crippen molar-refractivity contribution in [1.29, 1.82) is 0 Å². The fourth-order valence-electron chi connectivity index (χ4n) is 1.54. The second-order valence-corrected chi connectivity index (χ2v) is 6.68. The molecule has 0 spiro atoms. The third kappa shape index (κ3) is 3.84. The maximum Gasteiger partial charge on any atom is 0.241 e. The quantitative estimate of drug-likeness (QED) is 0.838. The number of sulfonamides is 1. The van der Waals surface area contributed by atoms with Gasteiger partial charge in [0.05, 0.1) is 11.5 Å². The molecule has 0 saturated carbocycles. The smallest absolute Gasteiger partial charge is 0.241 e. The van der Waals surface area contributed by atoms with Gasteiger partial charge in [-0.05, 0) is 24.1 Å². The first-order chi connectivity index (χ1) is 9.12. The van der Waals surface area contributed by atoms with Crippen LogP contribution in [-0.2, 0) is 23.1 Å². The van der Waals surface area contributed by atoms with E-state index in [4.69, 9.17) is 5.11 Å². The summed E-state index contributed by atoms with van der Waals surface area (Å²) < 4.78 is 26.4. The first-order valence-electron chi connectivity index (χ1n) is 5.68. The first-order valence-corrected chi connectivity index (χ1v) is 8.05. The predicted molar refractivity (Wildman–Crippen MR) is 73.4 cm³/mol. The molecular weight excluding hydrogens is 284 g/mol. The number of hydrogen-bond donors (Lipinski definition) is 2. The van der Waals surface area contributed by atoms with Gasteiger partial charge in [-0.25, -0.2) is 13.1 Å². The molecule has 2 aromatic heterocycles. The maximum absolute atomic E-state index is 11.9. The van der Waals surface area contributed by atoms with Crippen molar-refractivity contribution in [2.75, 3.05) is 6.54 Å². The fraction of sp³-hybridized carbons (Fsp3) is 0.250. The summed E-state index contributed by atoms with van der Waals surface area (Å²) in [5.74, 6) is 0. The summed E-state index contributed by atoms with van der Waals surface area (Å²) in [6.07, 6.45) is 3.97. The van der Waals surface area contributed by atoms with E-state index >= 15 is 0 Å². The summed E-state index contributed by atoms with van der Waals surface area (Å²) in [6.45, 7) is 0.175. The number of hydrogen-bond acceptors (Lipinski definition) is 5. The Morgan fingerprint density at radius 2 is 2.26 bits per heavy atom. The number of aromatic nitrogens is 1. The Kier molecular flexibility index (Phi) is 4.65. The van der Waals surface area contributed by atoms with Gasteiger partial charge in [0, 0.05) is 29.2 Å². The van der Waals surface area contributed by atoms with Gasteiger partial charge in [-0.1, -0.05) is 6.07 Å². The number of aliphatic hydroxyl groups is 1. The Bertz CT molecular complexity index is 623. The van der Waals surface area contributed by atoms with Crippen LogP contribution in [0.1, 0.15) is 10.4 Å². The van der Waals surface area contributed by atoms with Gasteiger partial charge in [0.25, 0.3) is 0 Å². The van der Waals surface area contributed by atoms with Crippen molar-refractivity contribution < 1.29 is 13.5 Å². The summed E-state index contributed by atoms with van der Waals surface area (Å²) >= 11 is 1.23. The largest absolute Gasteiger partial charge is 0.391 e. The van der Waals surface area contributed by atoms with E-state index in [0.29, 0.717) is 17.8 Å². The van der Waals surface area contributed by atoms with E-state index in [0.717, 1.165) is 5.56 Å². The predicted octanol–water partition coefficient (Wildman–Crippen LogP) is 1.16. The molecule has 2 heterocycles. The van der Waals surface area contributed by atoms with E-state index in [1.54, 1.807) is 12.4 Å². The Balaban J connectivity index is 1.94. The van der Waals surface area contributed by atoms with Gasteiger partial charge in [0.15, 0.2) is 0 Å². The van der Waals surface area contributed by atoms with Crippen LogP contribution in [0.4, 0.5) is 0 Å². The number of thiophene rings is 1. The van der Waals surface area contributed by atoms with Crippen LogP contribution >= 0.6 is 11.3 Å². The average Bonchev–Trinajstić information content (AvgIpc) is 2.89. The lowest BCUT2D eigenvalue weighted by Crippen LogP contribution is -2.25. The van der Waals surface area contributed by atoms with Gasteiger partial charge < -0.3 is 5.11 Å². The molecule has 0 unspecified atom stereocenters. The molecule has 0 aliphatic carbocycles. The average molecular weight is 298 g/mol. The molecule has 0 bridgehead atoms. The highest BCUT2D eigenvalue weighted by Gasteiger charge is 2.15. The zero-order valence-corrected chi connectivity index (χ0v) is 11.7. The Morgan fingerprint density at radius 1 is 1.42 bits per heavy atom. The zero-order valence-electron chi connectivity index (χ0n) is 10.1. The summed E-state index contributed by atoms with van der Waals surface area (Å²) in [5, 5.41) is 10.5. The van der Waals surface area contributed by atoms with Gasteiger partial charge in [-0.2, -0.15) is 0 Å². The van der Waals surface area contributed by atoms with Gasteiger partial charge in [0.1, 0.15) is 0 Å². The number of nitrogens with zero attached hydrogens (tertiary/aromatic N) is 1. The Morgan fingerprint density at radius 3 is 2.89 bits per heavy atom. The SMILES string of the molecule is O=S(=O)(NCCc1cccnc1)c1csc(CO)c1. The fourth-order valence-corrected chi connectivity index (χ4v) is 3.71. The van der Waals surface area contributed by atoms with Crippen molar-refractivity contribution >= 4 is 21.4 Å². The number of pyridine rings is 1. The van der Waals surface area contributed by atoms with Crippen molar-refractivity contribution in [2.24, 2.45) is 0 Å². The van der Waals surface area contributed by atoms with Gasteiger partial charge in [0.2, 0.25) is 10.0 Å². The molecule has 0 amide bonds. The third-order valence-electron chi connectivity index (χ3n) is 2.52. The van der Waals surface area contributed by atoms with Crippen LogP contribution in [-0.4, -0.2) is 25.1 Å². The molecule has 7 heteroatoms. The van der Waals surface area contributed by atoms with Gasteiger partial charge >= 0.3 is 0 Å². The highest BCUT2D eigenvalue weighted by atomic mass is 32.2. The molecule has 5 nitrogen and oxygen atoms in total. The monoisotopic (exact) mass is 298 g/mol. The van der Waals surface area contributed by atoms with E-state index in [-0.39, 0.29) is 11.5 Å². The molecule has 2 rings (SSSR count). The number of nitrogens with one attached hydrogen (secondary N) is 1.